The van der Waals surface area contributed by atoms with Crippen LogP contribution in [0.3, 0.4) is 0 Å². The predicted molar refractivity (Wildman–Crippen MR) is 122 cm³/mol. The number of hydrogen-bond acceptors (Lipinski definition) is 5. The largest absolute Gasteiger partial charge is 0.508 e. The van der Waals surface area contributed by atoms with E-state index in [1.165, 1.54) is 0 Å². The Bertz CT molecular complexity index is 1290. The predicted octanol–water partition coefficient (Wildman–Crippen LogP) is 4.76. The molecule has 8 nitrogen and oxygen atoms in total. The van der Waals surface area contributed by atoms with Crippen LogP contribution in [0.25, 0.3) is 17.0 Å². The van der Waals surface area contributed by atoms with Gasteiger partial charge in [0, 0.05) is 30.7 Å². The van der Waals surface area contributed by atoms with Crippen LogP contribution in [0.15, 0.2) is 41.1 Å². The number of fused-ring (bicyclic) bond motifs is 1. The maximum absolute atomic E-state index is 13.0. The minimum absolute atomic E-state index is 0.125. The van der Waals surface area contributed by atoms with E-state index < -0.39 is 0 Å². The molecular formula is C22H23BrN6O2. The summed E-state index contributed by atoms with van der Waals surface area (Å²) in [6, 6.07) is 6.92. The summed E-state index contributed by atoms with van der Waals surface area (Å²) in [7, 11) is 0. The van der Waals surface area contributed by atoms with Crippen molar-refractivity contribution >= 4 is 33.2 Å². The zero-order chi connectivity index (χ0) is 22.3. The molecule has 3 heterocycles. The fourth-order valence-corrected chi connectivity index (χ4v) is 3.93. The molecular weight excluding hydrogens is 460 g/mol. The number of rotatable bonds is 5. The van der Waals surface area contributed by atoms with Crippen molar-refractivity contribution in [3.05, 3.63) is 58.0 Å². The molecule has 0 aliphatic carbocycles. The SMILES string of the molecule is CCn1cc(Br)c(-c2ccnc3cc(C(=O)Nc4cc(C(C)C)c(O)cc4C)nn23)n1. The van der Waals surface area contributed by atoms with Crippen LogP contribution in [0.5, 0.6) is 5.75 Å². The minimum Gasteiger partial charge on any atom is -0.508 e. The average Bonchev–Trinajstić information content (AvgIpc) is 3.32. The number of phenolic OH excluding ortho intramolecular Hbond substituents is 1. The highest BCUT2D eigenvalue weighted by molar-refractivity contribution is 9.10. The number of carbonyl (C=O) groups is 1. The van der Waals surface area contributed by atoms with Gasteiger partial charge in [-0.3, -0.25) is 9.48 Å². The highest BCUT2D eigenvalue weighted by atomic mass is 79.9. The van der Waals surface area contributed by atoms with E-state index in [-0.39, 0.29) is 23.3 Å². The van der Waals surface area contributed by atoms with Gasteiger partial charge in [0.15, 0.2) is 11.3 Å². The molecule has 0 aliphatic heterocycles. The van der Waals surface area contributed by atoms with Crippen LogP contribution >= 0.6 is 15.9 Å². The molecule has 0 aliphatic rings. The number of benzene rings is 1. The van der Waals surface area contributed by atoms with E-state index in [1.54, 1.807) is 28.9 Å². The van der Waals surface area contributed by atoms with E-state index in [4.69, 9.17) is 0 Å². The Morgan fingerprint density at radius 1 is 1.26 bits per heavy atom. The van der Waals surface area contributed by atoms with Crippen molar-refractivity contribution in [3.8, 4) is 17.1 Å². The fraction of sp³-hybridized carbons (Fsp3) is 0.273. The van der Waals surface area contributed by atoms with Crippen LogP contribution in [-0.2, 0) is 6.54 Å². The number of phenols is 1. The summed E-state index contributed by atoms with van der Waals surface area (Å²) in [5.41, 5.74) is 4.42. The monoisotopic (exact) mass is 482 g/mol. The number of aryl methyl sites for hydroxylation is 2. The zero-order valence-corrected chi connectivity index (χ0v) is 19.3. The summed E-state index contributed by atoms with van der Waals surface area (Å²) in [6.45, 7) is 8.57. The second-order valence-corrected chi connectivity index (χ2v) is 8.50. The lowest BCUT2D eigenvalue weighted by atomic mass is 9.99. The van der Waals surface area contributed by atoms with Gasteiger partial charge in [-0.25, -0.2) is 9.50 Å². The molecule has 0 fully saturated rings. The number of amides is 1. The lowest BCUT2D eigenvalue weighted by molar-refractivity contribution is 0.102. The Hall–Kier alpha value is -3.20. The Morgan fingerprint density at radius 3 is 2.71 bits per heavy atom. The lowest BCUT2D eigenvalue weighted by Gasteiger charge is -2.14. The first kappa shape index (κ1) is 21.0. The number of carbonyl (C=O) groups excluding carboxylic acids is 1. The maximum Gasteiger partial charge on any atom is 0.276 e. The zero-order valence-electron chi connectivity index (χ0n) is 17.7. The maximum atomic E-state index is 13.0. The Morgan fingerprint density at radius 2 is 2.03 bits per heavy atom. The summed E-state index contributed by atoms with van der Waals surface area (Å²) in [5, 5.41) is 22.1. The number of halogens is 1. The Kier molecular flexibility index (Phi) is 5.53. The van der Waals surface area contributed by atoms with Crippen molar-refractivity contribution in [2.45, 2.75) is 40.2 Å². The molecule has 2 N–H and O–H groups in total. The van der Waals surface area contributed by atoms with E-state index in [9.17, 15) is 9.90 Å². The number of nitrogens with zero attached hydrogens (tertiary/aromatic N) is 5. The van der Waals surface area contributed by atoms with E-state index >= 15 is 0 Å². The van der Waals surface area contributed by atoms with Crippen LogP contribution in [0.4, 0.5) is 5.69 Å². The summed E-state index contributed by atoms with van der Waals surface area (Å²) >= 11 is 3.55. The molecule has 0 bridgehead atoms. The Balaban J connectivity index is 1.70. The third-order valence-corrected chi connectivity index (χ3v) is 5.70. The molecule has 9 heteroatoms. The van der Waals surface area contributed by atoms with E-state index in [2.05, 4.69) is 36.4 Å². The smallest absolute Gasteiger partial charge is 0.276 e. The third kappa shape index (κ3) is 3.93. The highest BCUT2D eigenvalue weighted by Gasteiger charge is 2.19. The van der Waals surface area contributed by atoms with Gasteiger partial charge in [-0.2, -0.15) is 10.2 Å². The van der Waals surface area contributed by atoms with Crippen molar-refractivity contribution in [3.63, 3.8) is 0 Å². The number of anilines is 1. The van der Waals surface area contributed by atoms with E-state index in [1.807, 2.05) is 44.6 Å². The van der Waals surface area contributed by atoms with Crippen LogP contribution in [0.1, 0.15) is 48.3 Å². The van der Waals surface area contributed by atoms with Gasteiger partial charge in [-0.05, 0) is 65.0 Å². The number of nitrogens with one attached hydrogen (secondary N) is 1. The topological polar surface area (TPSA) is 97.3 Å². The molecule has 3 aromatic heterocycles. The van der Waals surface area contributed by atoms with Crippen LogP contribution in [0.2, 0.25) is 0 Å². The second kappa shape index (κ2) is 8.14. The molecule has 4 rings (SSSR count). The molecule has 0 radical (unpaired) electrons. The molecule has 0 atom stereocenters. The van der Waals surface area contributed by atoms with Gasteiger partial charge in [0.05, 0.1) is 10.2 Å². The molecule has 31 heavy (non-hydrogen) atoms. The summed E-state index contributed by atoms with van der Waals surface area (Å²) in [4.78, 5) is 17.3. The summed E-state index contributed by atoms with van der Waals surface area (Å²) in [5.74, 6) is 0.00171. The second-order valence-electron chi connectivity index (χ2n) is 7.65. The molecule has 0 saturated heterocycles. The first-order chi connectivity index (χ1) is 14.8. The van der Waals surface area contributed by atoms with Gasteiger partial charge in [0.1, 0.15) is 11.4 Å². The van der Waals surface area contributed by atoms with E-state index in [0.29, 0.717) is 11.3 Å². The normalized spacial score (nSPS) is 11.4. The van der Waals surface area contributed by atoms with E-state index in [0.717, 1.165) is 33.5 Å². The van der Waals surface area contributed by atoms with Gasteiger partial charge >= 0.3 is 0 Å². The third-order valence-electron chi connectivity index (χ3n) is 5.12. The van der Waals surface area contributed by atoms with Gasteiger partial charge < -0.3 is 10.4 Å². The van der Waals surface area contributed by atoms with Gasteiger partial charge in [-0.15, -0.1) is 0 Å². The van der Waals surface area contributed by atoms with Crippen molar-refractivity contribution < 1.29 is 9.90 Å². The quantitative estimate of drug-likeness (QED) is 0.399. The molecule has 4 aromatic rings. The number of aromatic hydroxyl groups is 1. The van der Waals surface area contributed by atoms with Gasteiger partial charge in [0.2, 0.25) is 0 Å². The minimum atomic E-state index is -0.349. The Labute approximate surface area is 188 Å². The van der Waals surface area contributed by atoms with Crippen molar-refractivity contribution in [1.82, 2.24) is 24.4 Å². The molecule has 0 unspecified atom stereocenters. The fourth-order valence-electron chi connectivity index (χ4n) is 3.41. The molecule has 1 aromatic carbocycles. The first-order valence-corrected chi connectivity index (χ1v) is 10.8. The molecule has 0 spiro atoms. The summed E-state index contributed by atoms with van der Waals surface area (Å²) < 4.78 is 4.28. The summed E-state index contributed by atoms with van der Waals surface area (Å²) in [6.07, 6.45) is 3.57. The van der Waals surface area contributed by atoms with Crippen molar-refractivity contribution in [1.29, 1.82) is 0 Å². The van der Waals surface area contributed by atoms with Crippen LogP contribution in [-0.4, -0.2) is 35.4 Å². The van der Waals surface area contributed by atoms with Crippen LogP contribution < -0.4 is 5.32 Å². The highest BCUT2D eigenvalue weighted by Crippen LogP contribution is 2.31. The number of aromatic nitrogens is 5. The molecule has 0 saturated carbocycles. The standard InChI is InChI=1S/C22H23BrN6O2/c1-5-28-11-15(23)21(27-28)18-6-7-24-20-10-17(26-29(18)20)22(31)25-16-9-14(12(2)3)19(30)8-13(16)4/h6-12,30H,5H2,1-4H3,(H,25,31). The van der Waals surface area contributed by atoms with Gasteiger partial charge in [0.25, 0.3) is 5.91 Å². The average molecular weight is 483 g/mol. The molecule has 1 amide bonds. The van der Waals surface area contributed by atoms with Crippen molar-refractivity contribution in [2.75, 3.05) is 5.32 Å². The first-order valence-electron chi connectivity index (χ1n) is 10.0. The lowest BCUT2D eigenvalue weighted by Crippen LogP contribution is -2.14. The number of hydrogen-bond donors (Lipinski definition) is 2. The van der Waals surface area contributed by atoms with Gasteiger partial charge in [-0.1, -0.05) is 13.8 Å². The molecule has 160 valence electrons. The van der Waals surface area contributed by atoms with Crippen LogP contribution in [0, 0.1) is 6.92 Å². The van der Waals surface area contributed by atoms with Crippen molar-refractivity contribution in [2.24, 2.45) is 0 Å².